The maximum Gasteiger partial charge on any atom is 0.417 e. The molecule has 2 aliphatic rings. The van der Waals surface area contributed by atoms with Crippen molar-refractivity contribution < 1.29 is 22.8 Å². The van der Waals surface area contributed by atoms with Crippen LogP contribution in [0.15, 0.2) is 36.5 Å². The number of anilines is 3. The molecule has 2 aliphatic heterocycles. The zero-order valence-electron chi connectivity index (χ0n) is 17.8. The number of carbonyl (C=O) groups excluding carboxylic acids is 2. The molecule has 0 spiro atoms. The highest BCUT2D eigenvalue weighted by Gasteiger charge is 2.32. The molecule has 7 nitrogen and oxygen atoms in total. The molecule has 2 amide bonds. The largest absolute Gasteiger partial charge is 0.417 e. The molecule has 1 N–H and O–H groups in total. The zero-order valence-corrected chi connectivity index (χ0v) is 17.8. The lowest BCUT2D eigenvalue weighted by molar-refractivity contribution is -0.137. The van der Waals surface area contributed by atoms with Crippen LogP contribution in [-0.4, -0.2) is 61.0 Å². The van der Waals surface area contributed by atoms with Gasteiger partial charge in [0.25, 0.3) is 0 Å². The number of carbonyl (C=O) groups is 2. The summed E-state index contributed by atoms with van der Waals surface area (Å²) in [5.41, 5.74) is 1.61. The van der Waals surface area contributed by atoms with Gasteiger partial charge in [-0.1, -0.05) is 6.07 Å². The van der Waals surface area contributed by atoms with Crippen LogP contribution < -0.4 is 15.1 Å². The Hall–Kier alpha value is -3.14. The second-order valence-corrected chi connectivity index (χ2v) is 8.20. The molecule has 10 heteroatoms. The van der Waals surface area contributed by atoms with E-state index in [4.69, 9.17) is 0 Å². The molecule has 0 radical (unpaired) electrons. The number of likely N-dealkylation sites (N-methyl/N-ethyl adjacent to an activating group) is 1. The average molecular weight is 447 g/mol. The van der Waals surface area contributed by atoms with Crippen LogP contribution in [0.1, 0.15) is 18.1 Å². The molecule has 1 aromatic carbocycles. The third kappa shape index (κ3) is 4.55. The maximum absolute atomic E-state index is 12.8. The highest BCUT2D eigenvalue weighted by molar-refractivity contribution is 6.02. The van der Waals surface area contributed by atoms with E-state index in [1.54, 1.807) is 24.1 Å². The van der Waals surface area contributed by atoms with Crippen molar-refractivity contribution in [3.8, 4) is 0 Å². The minimum atomic E-state index is -4.41. The fourth-order valence-corrected chi connectivity index (χ4v) is 4.16. The summed E-state index contributed by atoms with van der Waals surface area (Å²) in [6, 6.07) is 7.85. The van der Waals surface area contributed by atoms with Gasteiger partial charge in [-0.05, 0) is 36.8 Å². The summed E-state index contributed by atoms with van der Waals surface area (Å²) in [5, 5.41) is 2.88. The van der Waals surface area contributed by atoms with Gasteiger partial charge in [0, 0.05) is 50.3 Å². The Morgan fingerprint density at radius 3 is 2.66 bits per heavy atom. The van der Waals surface area contributed by atoms with Gasteiger partial charge in [-0.15, -0.1) is 0 Å². The van der Waals surface area contributed by atoms with Gasteiger partial charge < -0.3 is 15.1 Å². The SMILES string of the molecule is C[C@@H]1CN(CC(=O)Nc2ccc3c(c2)N(C)C(=O)C3)CCN1c1ccc(C(F)(F)F)cn1. The van der Waals surface area contributed by atoms with E-state index in [-0.39, 0.29) is 24.4 Å². The number of nitrogens with one attached hydrogen (secondary N) is 1. The van der Waals surface area contributed by atoms with Gasteiger partial charge in [-0.2, -0.15) is 13.2 Å². The number of benzene rings is 1. The summed E-state index contributed by atoms with van der Waals surface area (Å²) < 4.78 is 38.3. The second-order valence-electron chi connectivity index (χ2n) is 8.20. The van der Waals surface area contributed by atoms with Crippen LogP contribution in [0, 0.1) is 0 Å². The lowest BCUT2D eigenvalue weighted by Gasteiger charge is -2.40. The number of aromatic nitrogens is 1. The van der Waals surface area contributed by atoms with Gasteiger partial charge in [-0.3, -0.25) is 14.5 Å². The first-order chi connectivity index (χ1) is 15.1. The van der Waals surface area contributed by atoms with Crippen molar-refractivity contribution in [1.82, 2.24) is 9.88 Å². The van der Waals surface area contributed by atoms with E-state index in [1.807, 2.05) is 22.8 Å². The van der Waals surface area contributed by atoms with Crippen LogP contribution in [0.2, 0.25) is 0 Å². The quantitative estimate of drug-likeness (QED) is 0.781. The molecule has 1 fully saturated rings. The van der Waals surface area contributed by atoms with Crippen LogP contribution in [0.5, 0.6) is 0 Å². The predicted molar refractivity (Wildman–Crippen MR) is 115 cm³/mol. The van der Waals surface area contributed by atoms with Crippen LogP contribution in [0.4, 0.5) is 30.4 Å². The summed E-state index contributed by atoms with van der Waals surface area (Å²) in [6.45, 7) is 3.87. The Bertz CT molecular complexity index is 1030. The van der Waals surface area contributed by atoms with Crippen LogP contribution in [-0.2, 0) is 22.2 Å². The molecule has 2 aromatic rings. The van der Waals surface area contributed by atoms with Crippen molar-refractivity contribution >= 4 is 29.0 Å². The van der Waals surface area contributed by atoms with Crippen molar-refractivity contribution in [3.05, 3.63) is 47.7 Å². The molecule has 0 saturated carbocycles. The first-order valence-electron chi connectivity index (χ1n) is 10.3. The molecule has 0 aliphatic carbocycles. The number of piperazine rings is 1. The van der Waals surface area contributed by atoms with E-state index in [1.165, 1.54) is 6.07 Å². The van der Waals surface area contributed by atoms with Gasteiger partial charge >= 0.3 is 6.18 Å². The highest BCUT2D eigenvalue weighted by atomic mass is 19.4. The van der Waals surface area contributed by atoms with E-state index in [9.17, 15) is 22.8 Å². The molecule has 170 valence electrons. The number of hydrogen-bond donors (Lipinski definition) is 1. The first-order valence-corrected chi connectivity index (χ1v) is 10.3. The Morgan fingerprint density at radius 2 is 2.00 bits per heavy atom. The Morgan fingerprint density at radius 1 is 1.22 bits per heavy atom. The van der Waals surface area contributed by atoms with Crippen molar-refractivity contribution in [2.75, 3.05) is 48.3 Å². The average Bonchev–Trinajstić information content (AvgIpc) is 3.01. The number of amides is 2. The first kappa shape index (κ1) is 22.1. The normalized spacial score (nSPS) is 19.3. The molecule has 1 saturated heterocycles. The van der Waals surface area contributed by atoms with E-state index in [0.717, 1.165) is 23.5 Å². The Kier molecular flexibility index (Phi) is 5.81. The van der Waals surface area contributed by atoms with E-state index in [2.05, 4.69) is 10.3 Å². The minimum absolute atomic E-state index is 0.0135. The minimum Gasteiger partial charge on any atom is -0.351 e. The summed E-state index contributed by atoms with van der Waals surface area (Å²) in [7, 11) is 1.71. The number of hydrogen-bond acceptors (Lipinski definition) is 5. The third-order valence-electron chi connectivity index (χ3n) is 5.89. The summed E-state index contributed by atoms with van der Waals surface area (Å²) in [5.74, 6) is 0.356. The number of halogens is 3. The van der Waals surface area contributed by atoms with Crippen LogP contribution in [0.25, 0.3) is 0 Å². The third-order valence-corrected chi connectivity index (χ3v) is 5.89. The summed E-state index contributed by atoms with van der Waals surface area (Å²) in [6.07, 6.45) is -3.19. The number of rotatable bonds is 4. The summed E-state index contributed by atoms with van der Waals surface area (Å²) in [4.78, 5) is 33.9. The summed E-state index contributed by atoms with van der Waals surface area (Å²) >= 11 is 0. The molecule has 0 unspecified atom stereocenters. The lowest BCUT2D eigenvalue weighted by Crippen LogP contribution is -2.53. The molecule has 0 bridgehead atoms. The Labute approximate surface area is 183 Å². The molecule has 1 aromatic heterocycles. The van der Waals surface area contributed by atoms with Crippen molar-refractivity contribution in [2.45, 2.75) is 25.6 Å². The fraction of sp³-hybridized carbons (Fsp3) is 0.409. The molecule has 3 heterocycles. The fourth-order valence-electron chi connectivity index (χ4n) is 4.16. The van der Waals surface area contributed by atoms with Gasteiger partial charge in [0.1, 0.15) is 5.82 Å². The molecule has 32 heavy (non-hydrogen) atoms. The number of alkyl halides is 3. The predicted octanol–water partition coefficient (Wildman–Crippen LogP) is 2.77. The van der Waals surface area contributed by atoms with Crippen molar-refractivity contribution in [1.29, 1.82) is 0 Å². The monoisotopic (exact) mass is 447 g/mol. The van der Waals surface area contributed by atoms with E-state index >= 15 is 0 Å². The highest BCUT2D eigenvalue weighted by Crippen LogP contribution is 2.31. The smallest absolute Gasteiger partial charge is 0.351 e. The van der Waals surface area contributed by atoms with E-state index in [0.29, 0.717) is 37.6 Å². The van der Waals surface area contributed by atoms with Gasteiger partial charge in [0.15, 0.2) is 0 Å². The number of nitrogens with zero attached hydrogens (tertiary/aromatic N) is 4. The zero-order chi connectivity index (χ0) is 23.0. The van der Waals surface area contributed by atoms with Crippen molar-refractivity contribution in [2.24, 2.45) is 0 Å². The number of fused-ring (bicyclic) bond motifs is 1. The standard InChI is InChI=1S/C22H24F3N5O2/c1-14-12-29(7-8-30(14)19-6-4-16(11-26-19)22(23,24)25)13-20(31)27-17-5-3-15-9-21(32)28(2)18(15)10-17/h3-6,10-11,14H,7-9,12-13H2,1-2H3,(H,27,31)/t14-/m1/s1. The number of pyridine rings is 1. The van der Waals surface area contributed by atoms with Gasteiger partial charge in [0.05, 0.1) is 18.5 Å². The van der Waals surface area contributed by atoms with Gasteiger partial charge in [-0.25, -0.2) is 4.98 Å². The molecular formula is C22H24F3N5O2. The topological polar surface area (TPSA) is 68.8 Å². The van der Waals surface area contributed by atoms with Crippen molar-refractivity contribution in [3.63, 3.8) is 0 Å². The maximum atomic E-state index is 12.8. The van der Waals surface area contributed by atoms with Gasteiger partial charge in [0.2, 0.25) is 11.8 Å². The van der Waals surface area contributed by atoms with Crippen LogP contribution >= 0.6 is 0 Å². The second kappa shape index (κ2) is 8.42. The van der Waals surface area contributed by atoms with Crippen LogP contribution in [0.3, 0.4) is 0 Å². The lowest BCUT2D eigenvalue weighted by atomic mass is 10.1. The van der Waals surface area contributed by atoms with E-state index < -0.39 is 11.7 Å². The molecule has 4 rings (SSSR count). The molecule has 1 atom stereocenters. The molecular weight excluding hydrogens is 423 g/mol. The Balaban J connectivity index is 1.32.